The Balaban J connectivity index is 1.61. The van der Waals surface area contributed by atoms with Gasteiger partial charge in [-0.1, -0.05) is 24.3 Å². The van der Waals surface area contributed by atoms with E-state index in [0.717, 1.165) is 40.8 Å². The molecule has 4 aromatic rings. The number of pyridine rings is 2. The average Bonchev–Trinajstić information content (AvgIpc) is 3.36. The topological polar surface area (TPSA) is 83.6 Å². The van der Waals surface area contributed by atoms with Crippen molar-refractivity contribution >= 4 is 28.7 Å². The normalized spacial score (nSPS) is 13.4. The maximum absolute atomic E-state index is 12.6. The predicted octanol–water partition coefficient (Wildman–Crippen LogP) is 4.91. The SMILES string of the molecule is Cc1cc(C)c2c(C#N)c(C=CC(=O)Nc3ccncc3)n(C3Cc4ccccc4C3)c2n1. The summed E-state index contributed by atoms with van der Waals surface area (Å²) in [6.45, 7) is 3.98. The van der Waals surface area contributed by atoms with Crippen LogP contribution < -0.4 is 5.32 Å². The van der Waals surface area contributed by atoms with E-state index in [1.807, 2.05) is 19.9 Å². The highest BCUT2D eigenvalue weighted by Crippen LogP contribution is 2.37. The zero-order valence-corrected chi connectivity index (χ0v) is 18.5. The molecule has 0 atom stereocenters. The molecule has 1 aliphatic rings. The zero-order chi connectivity index (χ0) is 22.9. The quantitative estimate of drug-likeness (QED) is 0.464. The fourth-order valence-corrected chi connectivity index (χ4v) is 4.80. The number of hydrogen-bond acceptors (Lipinski definition) is 4. The lowest BCUT2D eigenvalue weighted by Gasteiger charge is -2.16. The van der Waals surface area contributed by atoms with Gasteiger partial charge in [0, 0.05) is 41.3 Å². The molecule has 1 aromatic carbocycles. The minimum atomic E-state index is -0.266. The van der Waals surface area contributed by atoms with Gasteiger partial charge in [-0.2, -0.15) is 5.26 Å². The number of aryl methyl sites for hydroxylation is 2. The van der Waals surface area contributed by atoms with Gasteiger partial charge >= 0.3 is 0 Å². The second-order valence-electron chi connectivity index (χ2n) is 8.41. The van der Waals surface area contributed by atoms with Crippen molar-refractivity contribution in [2.45, 2.75) is 32.7 Å². The molecule has 0 radical (unpaired) electrons. The van der Waals surface area contributed by atoms with Gasteiger partial charge in [-0.15, -0.1) is 0 Å². The average molecular weight is 434 g/mol. The molecule has 1 amide bonds. The largest absolute Gasteiger partial charge is 0.322 e. The summed E-state index contributed by atoms with van der Waals surface area (Å²) in [5, 5.41) is 13.8. The van der Waals surface area contributed by atoms with Crippen molar-refractivity contribution < 1.29 is 4.79 Å². The minimum Gasteiger partial charge on any atom is -0.322 e. The van der Waals surface area contributed by atoms with Crippen LogP contribution >= 0.6 is 0 Å². The number of fused-ring (bicyclic) bond motifs is 2. The Morgan fingerprint density at radius 3 is 2.52 bits per heavy atom. The van der Waals surface area contributed by atoms with E-state index in [9.17, 15) is 10.1 Å². The number of nitrogens with zero attached hydrogens (tertiary/aromatic N) is 4. The van der Waals surface area contributed by atoms with E-state index in [2.05, 4.69) is 45.2 Å². The monoisotopic (exact) mass is 433 g/mol. The van der Waals surface area contributed by atoms with Crippen LogP contribution in [0.25, 0.3) is 17.1 Å². The van der Waals surface area contributed by atoms with Crippen molar-refractivity contribution in [3.8, 4) is 6.07 Å². The molecule has 3 aromatic heterocycles. The first-order valence-corrected chi connectivity index (χ1v) is 10.9. The highest BCUT2D eigenvalue weighted by atomic mass is 16.1. The Bertz CT molecular complexity index is 1420. The smallest absolute Gasteiger partial charge is 0.248 e. The minimum absolute atomic E-state index is 0.128. The molecule has 0 unspecified atom stereocenters. The fraction of sp³-hybridized carbons (Fsp3) is 0.185. The molecule has 5 rings (SSSR count). The number of benzene rings is 1. The number of carbonyl (C=O) groups is 1. The number of nitriles is 1. The van der Waals surface area contributed by atoms with Crippen LogP contribution in [0.2, 0.25) is 0 Å². The van der Waals surface area contributed by atoms with Gasteiger partial charge in [-0.05, 0) is 67.7 Å². The first-order chi connectivity index (χ1) is 16.0. The number of rotatable bonds is 4. The van der Waals surface area contributed by atoms with Crippen LogP contribution in [-0.2, 0) is 17.6 Å². The summed E-state index contributed by atoms with van der Waals surface area (Å²) in [6.07, 6.45) is 8.21. The zero-order valence-electron chi connectivity index (χ0n) is 18.5. The van der Waals surface area contributed by atoms with Gasteiger partial charge in [0.25, 0.3) is 0 Å². The molecule has 1 N–H and O–H groups in total. The van der Waals surface area contributed by atoms with E-state index in [1.54, 1.807) is 30.6 Å². The van der Waals surface area contributed by atoms with E-state index in [0.29, 0.717) is 11.3 Å². The number of nitrogens with one attached hydrogen (secondary N) is 1. The van der Waals surface area contributed by atoms with Crippen LogP contribution in [0.4, 0.5) is 5.69 Å². The van der Waals surface area contributed by atoms with Crippen LogP contribution in [0.1, 0.15) is 39.7 Å². The van der Waals surface area contributed by atoms with Gasteiger partial charge in [0.2, 0.25) is 5.91 Å². The Morgan fingerprint density at radius 2 is 1.85 bits per heavy atom. The lowest BCUT2D eigenvalue weighted by atomic mass is 10.1. The third-order valence-electron chi connectivity index (χ3n) is 6.17. The lowest BCUT2D eigenvalue weighted by Crippen LogP contribution is -2.12. The Hall–Kier alpha value is -4.24. The van der Waals surface area contributed by atoms with Gasteiger partial charge in [0.05, 0.1) is 11.3 Å². The number of carbonyl (C=O) groups excluding carboxylic acids is 1. The Kier molecular flexibility index (Phi) is 5.23. The number of aromatic nitrogens is 3. The van der Waals surface area contributed by atoms with Gasteiger partial charge in [-0.25, -0.2) is 4.98 Å². The predicted molar refractivity (Wildman–Crippen MR) is 129 cm³/mol. The van der Waals surface area contributed by atoms with E-state index < -0.39 is 0 Å². The number of anilines is 1. The summed E-state index contributed by atoms with van der Waals surface area (Å²) in [6, 6.07) is 16.4. The van der Waals surface area contributed by atoms with Crippen molar-refractivity contribution in [2.24, 2.45) is 0 Å². The summed E-state index contributed by atoms with van der Waals surface area (Å²) in [5.74, 6) is -0.266. The van der Waals surface area contributed by atoms with Gasteiger partial charge in [-0.3, -0.25) is 9.78 Å². The summed E-state index contributed by atoms with van der Waals surface area (Å²) in [5.41, 5.74) is 7.30. The third-order valence-corrected chi connectivity index (χ3v) is 6.17. The molecule has 162 valence electrons. The van der Waals surface area contributed by atoms with E-state index in [-0.39, 0.29) is 11.9 Å². The fourth-order valence-electron chi connectivity index (χ4n) is 4.80. The highest BCUT2D eigenvalue weighted by Gasteiger charge is 2.28. The Labute approximate surface area is 192 Å². The molecule has 3 heterocycles. The van der Waals surface area contributed by atoms with E-state index in [1.165, 1.54) is 17.2 Å². The van der Waals surface area contributed by atoms with Crippen molar-refractivity contribution in [3.63, 3.8) is 0 Å². The van der Waals surface area contributed by atoms with Gasteiger partial charge in [0.15, 0.2) is 0 Å². The van der Waals surface area contributed by atoms with Crippen molar-refractivity contribution in [1.82, 2.24) is 14.5 Å². The first kappa shape index (κ1) is 20.7. The second-order valence-corrected chi connectivity index (χ2v) is 8.41. The molecular weight excluding hydrogens is 410 g/mol. The number of amides is 1. The second kappa shape index (κ2) is 8.36. The van der Waals surface area contributed by atoms with Crippen LogP contribution in [0.5, 0.6) is 0 Å². The Morgan fingerprint density at radius 1 is 1.15 bits per heavy atom. The van der Waals surface area contributed by atoms with Crippen molar-refractivity contribution in [1.29, 1.82) is 5.26 Å². The van der Waals surface area contributed by atoms with E-state index in [4.69, 9.17) is 4.98 Å². The first-order valence-electron chi connectivity index (χ1n) is 10.9. The molecule has 6 nitrogen and oxygen atoms in total. The van der Waals surface area contributed by atoms with Gasteiger partial charge < -0.3 is 9.88 Å². The molecule has 0 aliphatic heterocycles. The van der Waals surface area contributed by atoms with Crippen LogP contribution in [-0.4, -0.2) is 20.4 Å². The van der Waals surface area contributed by atoms with Crippen LogP contribution in [0.15, 0.2) is 60.9 Å². The van der Waals surface area contributed by atoms with Crippen molar-refractivity contribution in [2.75, 3.05) is 5.32 Å². The molecule has 33 heavy (non-hydrogen) atoms. The maximum atomic E-state index is 12.6. The molecular formula is C27H23N5O. The molecule has 0 saturated carbocycles. The lowest BCUT2D eigenvalue weighted by molar-refractivity contribution is -0.111. The summed E-state index contributed by atoms with van der Waals surface area (Å²) < 4.78 is 2.16. The number of hydrogen-bond donors (Lipinski definition) is 1. The molecule has 0 saturated heterocycles. The molecule has 1 aliphatic carbocycles. The van der Waals surface area contributed by atoms with Crippen LogP contribution in [0.3, 0.4) is 0 Å². The van der Waals surface area contributed by atoms with Crippen molar-refractivity contribution in [3.05, 3.63) is 94.6 Å². The molecule has 0 spiro atoms. The van der Waals surface area contributed by atoms with Gasteiger partial charge in [0.1, 0.15) is 11.7 Å². The summed E-state index contributed by atoms with van der Waals surface area (Å²) >= 11 is 0. The third kappa shape index (κ3) is 3.79. The van der Waals surface area contributed by atoms with E-state index >= 15 is 0 Å². The highest BCUT2D eigenvalue weighted by molar-refractivity contribution is 6.03. The maximum Gasteiger partial charge on any atom is 0.248 e. The summed E-state index contributed by atoms with van der Waals surface area (Å²) in [4.78, 5) is 21.4. The standard InChI is InChI=1S/C27H23N5O/c1-17-13-18(2)30-27-26(17)23(16-28)24(7-8-25(33)31-21-9-11-29-12-10-21)32(27)22-14-19-5-3-4-6-20(19)15-22/h3-13,22H,14-15H2,1-2H3,(H,29,31,33). The molecule has 6 heteroatoms. The molecule has 0 bridgehead atoms. The molecule has 0 fully saturated rings. The summed E-state index contributed by atoms with van der Waals surface area (Å²) in [7, 11) is 0. The van der Waals surface area contributed by atoms with Crippen LogP contribution in [0, 0.1) is 25.2 Å².